The Labute approximate surface area is 70.4 Å². The molecule has 0 atom stereocenters. The molecule has 0 aliphatic rings. The molecule has 1 heterocycles. The van der Waals surface area contributed by atoms with Crippen molar-refractivity contribution in [2.24, 2.45) is 0 Å². The van der Waals surface area contributed by atoms with Gasteiger partial charge in [-0.05, 0) is 13.8 Å². The van der Waals surface area contributed by atoms with Crippen LogP contribution in [0.2, 0.25) is 0 Å². The summed E-state index contributed by atoms with van der Waals surface area (Å²) in [6.07, 6.45) is 5.08. The van der Waals surface area contributed by atoms with Crippen LogP contribution in [-0.2, 0) is 0 Å². The van der Waals surface area contributed by atoms with Crippen LogP contribution in [0.15, 0.2) is 9.64 Å². The van der Waals surface area contributed by atoms with E-state index in [2.05, 4.69) is 10.9 Å². The van der Waals surface area contributed by atoms with Crippen LogP contribution in [0.1, 0.15) is 11.5 Å². The van der Waals surface area contributed by atoms with E-state index in [4.69, 9.17) is 10.8 Å². The second-order valence-corrected chi connectivity index (χ2v) is 3.04. The molecule has 0 fully saturated rings. The Hall–Kier alpha value is -0.880. The number of aromatic nitrogens is 1. The third-order valence-electron chi connectivity index (χ3n) is 1.29. The lowest BCUT2D eigenvalue weighted by atomic mass is 10.4. The van der Waals surface area contributed by atoms with E-state index in [9.17, 15) is 0 Å². The Kier molecular flexibility index (Phi) is 2.61. The van der Waals surface area contributed by atoms with Gasteiger partial charge >= 0.3 is 0 Å². The molecule has 1 aromatic rings. The number of hydrogen-bond donors (Lipinski definition) is 0. The summed E-state index contributed by atoms with van der Waals surface area (Å²) in [5.74, 6) is 3.98. The molecule has 58 valence electrons. The number of rotatable bonds is 2. The highest BCUT2D eigenvalue weighted by Gasteiger charge is 2.03. The van der Waals surface area contributed by atoms with Crippen molar-refractivity contribution in [2.75, 3.05) is 5.75 Å². The van der Waals surface area contributed by atoms with Gasteiger partial charge in [-0.2, -0.15) is 0 Å². The molecule has 2 nitrogen and oxygen atoms in total. The zero-order chi connectivity index (χ0) is 8.27. The molecule has 0 aromatic carbocycles. The number of terminal acetylenes is 1. The summed E-state index contributed by atoms with van der Waals surface area (Å²) in [7, 11) is 0. The first-order valence-corrected chi connectivity index (χ1v) is 4.23. The lowest BCUT2D eigenvalue weighted by Crippen LogP contribution is -1.74. The average Bonchev–Trinajstić information content (AvgIpc) is 2.28. The van der Waals surface area contributed by atoms with Gasteiger partial charge in [-0.25, -0.2) is 4.98 Å². The largest absolute Gasteiger partial charge is 0.437 e. The van der Waals surface area contributed by atoms with Gasteiger partial charge in [-0.1, -0.05) is 17.7 Å². The predicted octanol–water partition coefficient (Wildman–Crippen LogP) is 2.02. The Bertz CT molecular complexity index is 265. The van der Waals surface area contributed by atoms with E-state index in [0.29, 0.717) is 11.0 Å². The van der Waals surface area contributed by atoms with Gasteiger partial charge in [0.05, 0.1) is 11.4 Å². The highest BCUT2D eigenvalue weighted by Crippen LogP contribution is 2.18. The van der Waals surface area contributed by atoms with E-state index in [1.165, 1.54) is 11.8 Å². The molecule has 1 rings (SSSR count). The fourth-order valence-corrected chi connectivity index (χ4v) is 1.20. The van der Waals surface area contributed by atoms with Crippen molar-refractivity contribution >= 4 is 11.8 Å². The van der Waals surface area contributed by atoms with Gasteiger partial charge in [0.15, 0.2) is 0 Å². The van der Waals surface area contributed by atoms with Crippen LogP contribution < -0.4 is 0 Å². The maximum Gasteiger partial charge on any atom is 0.256 e. The van der Waals surface area contributed by atoms with Gasteiger partial charge in [0.1, 0.15) is 5.76 Å². The van der Waals surface area contributed by atoms with Gasteiger partial charge < -0.3 is 4.42 Å². The summed E-state index contributed by atoms with van der Waals surface area (Å²) >= 11 is 1.44. The second-order valence-electron chi connectivity index (χ2n) is 2.11. The van der Waals surface area contributed by atoms with E-state index in [1.54, 1.807) is 0 Å². The summed E-state index contributed by atoms with van der Waals surface area (Å²) in [6.45, 7) is 3.81. The fourth-order valence-electron chi connectivity index (χ4n) is 0.608. The first-order valence-electron chi connectivity index (χ1n) is 3.24. The third kappa shape index (κ3) is 2.02. The van der Waals surface area contributed by atoms with Crippen LogP contribution >= 0.6 is 11.8 Å². The average molecular weight is 167 g/mol. The Morgan fingerprint density at radius 1 is 1.64 bits per heavy atom. The number of hydrogen-bond acceptors (Lipinski definition) is 3. The van der Waals surface area contributed by atoms with E-state index in [1.807, 2.05) is 13.8 Å². The molecular weight excluding hydrogens is 158 g/mol. The molecule has 0 spiro atoms. The lowest BCUT2D eigenvalue weighted by molar-refractivity contribution is 0.431. The van der Waals surface area contributed by atoms with E-state index < -0.39 is 0 Å². The molecule has 1 aromatic heterocycles. The molecule has 11 heavy (non-hydrogen) atoms. The SMILES string of the molecule is C#CCSc1nc(C)c(C)o1. The van der Waals surface area contributed by atoms with E-state index in [0.717, 1.165) is 11.5 Å². The Morgan fingerprint density at radius 2 is 2.36 bits per heavy atom. The summed E-state index contributed by atoms with van der Waals surface area (Å²) in [5.41, 5.74) is 0.935. The molecular formula is C8H9NOS. The summed E-state index contributed by atoms with van der Waals surface area (Å²) in [6, 6.07) is 0. The zero-order valence-electron chi connectivity index (χ0n) is 6.55. The minimum Gasteiger partial charge on any atom is -0.437 e. The van der Waals surface area contributed by atoms with Crippen molar-refractivity contribution in [1.29, 1.82) is 0 Å². The van der Waals surface area contributed by atoms with E-state index >= 15 is 0 Å². The van der Waals surface area contributed by atoms with Gasteiger partial charge in [0, 0.05) is 0 Å². The molecule has 0 N–H and O–H groups in total. The van der Waals surface area contributed by atoms with Crippen LogP contribution in [0.5, 0.6) is 0 Å². The molecule has 0 saturated carbocycles. The summed E-state index contributed by atoms with van der Waals surface area (Å²) < 4.78 is 5.27. The number of oxazole rings is 1. The smallest absolute Gasteiger partial charge is 0.256 e. The van der Waals surface area contributed by atoms with Gasteiger partial charge in [-0.3, -0.25) is 0 Å². The molecule has 0 amide bonds. The standard InChI is InChI=1S/C8H9NOS/c1-4-5-11-8-9-6(2)7(3)10-8/h1H,5H2,2-3H3. The number of nitrogens with zero attached hydrogens (tertiary/aromatic N) is 1. The van der Waals surface area contributed by atoms with Crippen LogP contribution in [0.4, 0.5) is 0 Å². The normalized spacial score (nSPS) is 9.55. The maximum absolute atomic E-state index is 5.27. The van der Waals surface area contributed by atoms with Crippen LogP contribution in [0.3, 0.4) is 0 Å². The Morgan fingerprint density at radius 3 is 2.82 bits per heavy atom. The van der Waals surface area contributed by atoms with Crippen molar-refractivity contribution in [2.45, 2.75) is 19.1 Å². The van der Waals surface area contributed by atoms with Gasteiger partial charge in [0.25, 0.3) is 5.22 Å². The van der Waals surface area contributed by atoms with Crippen molar-refractivity contribution in [3.05, 3.63) is 11.5 Å². The monoisotopic (exact) mass is 167 g/mol. The quantitative estimate of drug-likeness (QED) is 0.498. The third-order valence-corrected chi connectivity index (χ3v) is 2.02. The highest BCUT2D eigenvalue weighted by atomic mass is 32.2. The summed E-state index contributed by atoms with van der Waals surface area (Å²) in [5, 5.41) is 0.665. The number of aryl methyl sites for hydroxylation is 2. The highest BCUT2D eigenvalue weighted by molar-refractivity contribution is 7.99. The van der Waals surface area contributed by atoms with Gasteiger partial charge in [-0.15, -0.1) is 6.42 Å². The van der Waals surface area contributed by atoms with Crippen molar-refractivity contribution < 1.29 is 4.42 Å². The second kappa shape index (κ2) is 3.49. The minimum atomic E-state index is 0.611. The first kappa shape index (κ1) is 8.22. The maximum atomic E-state index is 5.27. The van der Waals surface area contributed by atoms with Crippen LogP contribution in [0.25, 0.3) is 0 Å². The summed E-state index contributed by atoms with van der Waals surface area (Å²) in [4.78, 5) is 4.15. The van der Waals surface area contributed by atoms with Crippen molar-refractivity contribution in [3.8, 4) is 12.3 Å². The number of thioether (sulfide) groups is 1. The van der Waals surface area contributed by atoms with Crippen LogP contribution in [0, 0.1) is 26.2 Å². The topological polar surface area (TPSA) is 26.0 Å². The van der Waals surface area contributed by atoms with E-state index in [-0.39, 0.29) is 0 Å². The zero-order valence-corrected chi connectivity index (χ0v) is 7.36. The van der Waals surface area contributed by atoms with Crippen molar-refractivity contribution in [3.63, 3.8) is 0 Å². The first-order chi connectivity index (χ1) is 5.24. The molecule has 0 saturated heterocycles. The molecule has 0 unspecified atom stereocenters. The minimum absolute atomic E-state index is 0.611. The molecule has 0 aliphatic heterocycles. The molecule has 3 heteroatoms. The fraction of sp³-hybridized carbons (Fsp3) is 0.375. The molecule has 0 radical (unpaired) electrons. The Balaban J connectivity index is 2.67. The van der Waals surface area contributed by atoms with Gasteiger partial charge in [0.2, 0.25) is 0 Å². The predicted molar refractivity (Wildman–Crippen MR) is 45.5 cm³/mol. The molecule has 0 aliphatic carbocycles. The van der Waals surface area contributed by atoms with Crippen molar-refractivity contribution in [1.82, 2.24) is 4.98 Å². The lowest BCUT2D eigenvalue weighted by Gasteiger charge is -1.85. The van der Waals surface area contributed by atoms with Crippen LogP contribution in [-0.4, -0.2) is 10.7 Å². The molecule has 0 bridgehead atoms.